The van der Waals surface area contributed by atoms with E-state index in [1.165, 1.54) is 0 Å². The molecule has 0 aliphatic heterocycles. The molecule has 0 saturated carbocycles. The van der Waals surface area contributed by atoms with Gasteiger partial charge in [0.25, 0.3) is 0 Å². The summed E-state index contributed by atoms with van der Waals surface area (Å²) in [4.78, 5) is 102. The van der Waals surface area contributed by atoms with Crippen LogP contribution in [0.15, 0.2) is 0 Å². The molecule has 0 N–H and O–H groups in total. The van der Waals surface area contributed by atoms with E-state index in [0.717, 1.165) is 0 Å². The van der Waals surface area contributed by atoms with Gasteiger partial charge in [0.15, 0.2) is 0 Å². The molecule has 0 aromatic heterocycles. The summed E-state index contributed by atoms with van der Waals surface area (Å²) in [6.07, 6.45) is 0. The van der Waals surface area contributed by atoms with Crippen LogP contribution in [0.3, 0.4) is 0 Å². The molecule has 0 fully saturated rings. The van der Waals surface area contributed by atoms with Gasteiger partial charge in [-0.25, -0.2) is 0 Å². The average molecular weight is 402 g/mol. The molecule has 0 aromatic carbocycles. The van der Waals surface area contributed by atoms with Gasteiger partial charge in [-0.1, -0.05) is 0 Å². The van der Waals surface area contributed by atoms with Crippen molar-refractivity contribution in [3.8, 4) is 0 Å². The predicted molar refractivity (Wildman–Crippen MR) is 67.5 cm³/mol. The van der Waals surface area contributed by atoms with Crippen LogP contribution in [0.4, 0.5) is 0 Å². The first-order valence-electron chi connectivity index (χ1n) is 4.40. The van der Waals surface area contributed by atoms with Gasteiger partial charge in [-0.3, -0.25) is 0 Å². The minimum atomic E-state index is -4.71. The van der Waals surface area contributed by atoms with Crippen LogP contribution in [0, 0.1) is 0 Å². The summed E-state index contributed by atoms with van der Waals surface area (Å²) in [6, 6.07) is 0. The molecule has 0 aliphatic carbocycles. The summed E-state index contributed by atoms with van der Waals surface area (Å²) in [5.41, 5.74) is 0. The molecule has 0 radical (unpaired) electrons. The number of carbonyl (C=O) groups is 10. The van der Waals surface area contributed by atoms with E-state index in [9.17, 15) is 47.9 Å². The van der Waals surface area contributed by atoms with E-state index in [2.05, 4.69) is 0 Å². The van der Waals surface area contributed by atoms with Crippen LogP contribution in [0.25, 0.3) is 0 Å². The van der Waals surface area contributed by atoms with Crippen LogP contribution < -0.4 is 0 Å². The maximum atomic E-state index is 10.2. The molecule has 0 unspecified atom stereocenters. The van der Waals surface area contributed by atoms with Crippen LogP contribution in [0.2, 0.25) is 0 Å². The summed E-state index contributed by atoms with van der Waals surface area (Å²) < 4.78 is 0. The first-order chi connectivity index (χ1) is 10.2. The molecule has 10 nitrogen and oxygen atoms in total. The van der Waals surface area contributed by atoms with Crippen molar-refractivity contribution in [1.82, 2.24) is 0 Å². The second-order valence-electron chi connectivity index (χ2n) is 3.19. The predicted octanol–water partition coefficient (Wildman–Crippen LogP) is -2.75. The molecule has 0 aromatic rings. The van der Waals surface area contributed by atoms with Gasteiger partial charge in [0.1, 0.15) is 0 Å². The van der Waals surface area contributed by atoms with Crippen molar-refractivity contribution < 1.29 is 71.5 Å². The van der Waals surface area contributed by atoms with Crippen molar-refractivity contribution in [3.63, 3.8) is 0 Å². The Bertz CT molecular complexity index is 388. The Balaban J connectivity index is 0. The molecule has 0 aliphatic rings. The van der Waals surface area contributed by atoms with Crippen molar-refractivity contribution >= 4 is 51.8 Å². The fourth-order valence-electron chi connectivity index (χ4n) is 0.393. The molecule has 22 heavy (non-hydrogen) atoms. The minimum absolute atomic E-state index is 0.150. The quantitative estimate of drug-likeness (QED) is 0.276. The number of carbonyl (C=O) groups excluding carboxylic acids is 10. The molecule has 126 valence electrons. The molecule has 0 saturated heterocycles. The van der Waals surface area contributed by atoms with Crippen LogP contribution in [-0.4, -0.2) is 51.8 Å². The van der Waals surface area contributed by atoms with E-state index in [1.807, 2.05) is 0 Å². The van der Waals surface area contributed by atoms with E-state index >= 15 is 0 Å². The maximum absolute atomic E-state index is 10.2. The standard InChI is InChI=1S/10CHO.2Fe/c10*1-2;;/h10*1H;;. The average Bonchev–Trinajstić information content (AvgIpc) is 2.63. The molecule has 0 amide bonds. The fraction of sp³-hybridized carbons (Fsp3) is 0. The number of rotatable bonds is 10. The second-order valence-corrected chi connectivity index (χ2v) is 13.2. The number of hydrogen-bond acceptors (Lipinski definition) is 10. The van der Waals surface area contributed by atoms with Gasteiger partial charge in [0.05, 0.1) is 0 Å². The van der Waals surface area contributed by atoms with Gasteiger partial charge in [-0.05, 0) is 0 Å². The van der Waals surface area contributed by atoms with E-state index in [4.69, 9.17) is 0 Å². The Labute approximate surface area is 123 Å². The van der Waals surface area contributed by atoms with Crippen molar-refractivity contribution in [2.24, 2.45) is 0 Å². The second kappa shape index (κ2) is 7.66. The van der Waals surface area contributed by atoms with Crippen molar-refractivity contribution in [1.29, 1.82) is 0 Å². The molecule has 12 heteroatoms. The van der Waals surface area contributed by atoms with Crippen LogP contribution >= 0.6 is 0 Å². The molecule has 0 spiro atoms. The third-order valence-corrected chi connectivity index (χ3v) is 7.93. The van der Waals surface area contributed by atoms with Crippen LogP contribution in [-0.2, 0) is 71.5 Å². The Morgan fingerprint density at radius 2 is 0.364 bits per heavy atom. The van der Waals surface area contributed by atoms with Gasteiger partial charge < -0.3 is 0 Å². The molecule has 0 heterocycles. The van der Waals surface area contributed by atoms with Crippen molar-refractivity contribution in [2.45, 2.75) is 0 Å². The number of hydrogen-bond donors (Lipinski definition) is 0. The van der Waals surface area contributed by atoms with Gasteiger partial charge in [-0.2, -0.15) is 0 Å². The topological polar surface area (TPSA) is 171 Å². The van der Waals surface area contributed by atoms with E-state index < -0.39 is 23.6 Å². The van der Waals surface area contributed by atoms with Crippen molar-refractivity contribution in [3.05, 3.63) is 0 Å². The summed E-state index contributed by atoms with van der Waals surface area (Å²) in [6.45, 7) is 0. The Morgan fingerprint density at radius 1 is 0.273 bits per heavy atom. The summed E-state index contributed by atoms with van der Waals surface area (Å²) >= 11 is -9.41. The molecule has 0 rings (SSSR count). The molecular weight excluding hydrogens is 392 g/mol. The van der Waals surface area contributed by atoms with Gasteiger partial charge in [0.2, 0.25) is 0 Å². The van der Waals surface area contributed by atoms with Gasteiger partial charge >= 0.3 is 123 Å². The zero-order valence-corrected chi connectivity index (χ0v) is 12.8. The van der Waals surface area contributed by atoms with E-state index in [0.29, 0.717) is 0 Å². The van der Waals surface area contributed by atoms with E-state index in [1.54, 1.807) is 0 Å². The summed E-state index contributed by atoms with van der Waals surface area (Å²) in [7, 11) is 0. The Kier molecular flexibility index (Phi) is 7.67. The Morgan fingerprint density at radius 3 is 0.364 bits per heavy atom. The van der Waals surface area contributed by atoms with Gasteiger partial charge in [0, 0.05) is 0 Å². The molecule has 0 atom stereocenters. The van der Waals surface area contributed by atoms with Crippen molar-refractivity contribution in [2.75, 3.05) is 0 Å². The van der Waals surface area contributed by atoms with Crippen LogP contribution in [0.5, 0.6) is 0 Å². The third kappa shape index (κ3) is 3.49. The fourth-order valence-corrected chi connectivity index (χ4v) is 1.62. The zero-order valence-electron chi connectivity index (χ0n) is 10.6. The summed E-state index contributed by atoms with van der Waals surface area (Å²) in [5, 5.41) is -1.50. The zero-order chi connectivity index (χ0) is 18.0. The summed E-state index contributed by atoms with van der Waals surface area (Å²) in [5.74, 6) is 0. The molecular formula is C10H10Fe2O10. The third-order valence-electron chi connectivity index (χ3n) is 1.92. The molecule has 0 bridgehead atoms. The first-order valence-corrected chi connectivity index (χ1v) is 10.8. The van der Waals surface area contributed by atoms with Gasteiger partial charge in [-0.15, -0.1) is 0 Å². The van der Waals surface area contributed by atoms with Crippen LogP contribution in [0.1, 0.15) is 0 Å². The van der Waals surface area contributed by atoms with E-state index in [-0.39, 0.29) is 51.8 Å². The first kappa shape index (κ1) is 22.0. The monoisotopic (exact) mass is 402 g/mol. The normalized spacial score (nSPS) is 13.6. The Hall–Kier alpha value is -2.26. The SMILES string of the molecule is O=[CH][Fe]([CH]=O)([CH]=O)([CH]=O)[CH]=O.O=[CH][Fe]([CH]=O)([CH]=O)([CH]=O)[CH]=O.